The first-order valence-corrected chi connectivity index (χ1v) is 10.2. The largest absolute Gasteiger partial charge is 0.456 e. The summed E-state index contributed by atoms with van der Waals surface area (Å²) in [5.41, 5.74) is 1.07. The third-order valence-electron chi connectivity index (χ3n) is 4.37. The molecule has 0 saturated carbocycles. The summed E-state index contributed by atoms with van der Waals surface area (Å²) in [6, 6.07) is 7.44. The van der Waals surface area contributed by atoms with Crippen molar-refractivity contribution in [3.8, 4) is 0 Å². The van der Waals surface area contributed by atoms with Crippen LogP contribution in [0.25, 0.3) is 0 Å². The first-order valence-electron chi connectivity index (χ1n) is 8.26. The quantitative estimate of drug-likeness (QED) is 0.872. The van der Waals surface area contributed by atoms with Crippen LogP contribution in [0.2, 0.25) is 0 Å². The molecule has 1 aliphatic heterocycles. The van der Waals surface area contributed by atoms with Gasteiger partial charge >= 0.3 is 0 Å². The molecule has 1 atom stereocenters. The maximum Gasteiger partial charge on any atom is 0.289 e. The number of furan rings is 1. The molecule has 1 amide bonds. The Balaban J connectivity index is 1.75. The molecule has 1 N–H and O–H groups in total. The zero-order chi connectivity index (χ0) is 18.0. The number of hydrogen-bond acceptors (Lipinski definition) is 4. The minimum atomic E-state index is -3.21. The minimum absolute atomic E-state index is 0.135. The monoisotopic (exact) mass is 365 g/mol. The number of nitrogens with zero attached hydrogens (tertiary/aromatic N) is 2. The highest BCUT2D eigenvalue weighted by Crippen LogP contribution is 2.21. The van der Waals surface area contributed by atoms with Crippen LogP contribution in [0.4, 0.5) is 0 Å². The molecule has 25 heavy (non-hydrogen) atoms. The molecule has 0 aliphatic carbocycles. The van der Waals surface area contributed by atoms with Crippen molar-refractivity contribution < 1.29 is 17.6 Å². The lowest BCUT2D eigenvalue weighted by Crippen LogP contribution is -2.35. The molecule has 0 saturated heterocycles. The molecule has 0 spiro atoms. The van der Waals surface area contributed by atoms with E-state index in [2.05, 4.69) is 9.29 Å². The normalized spacial score (nSPS) is 18.0. The number of fused-ring (bicyclic) bond motifs is 1. The van der Waals surface area contributed by atoms with Crippen molar-refractivity contribution in [1.82, 2.24) is 14.2 Å². The Morgan fingerprint density at radius 1 is 1.32 bits per heavy atom. The van der Waals surface area contributed by atoms with Crippen molar-refractivity contribution >= 4 is 15.9 Å². The van der Waals surface area contributed by atoms with E-state index >= 15 is 0 Å². The number of hydrogen-bond donors (Lipinski definition) is 1. The van der Waals surface area contributed by atoms with Crippen LogP contribution in [-0.2, 0) is 23.1 Å². The summed E-state index contributed by atoms with van der Waals surface area (Å²) < 4.78 is 32.7. The molecule has 0 aromatic carbocycles. The molecule has 0 bridgehead atoms. The smallest absolute Gasteiger partial charge is 0.289 e. The fourth-order valence-electron chi connectivity index (χ4n) is 3.17. The average molecular weight is 365 g/mol. The summed E-state index contributed by atoms with van der Waals surface area (Å²) in [4.78, 5) is 14.6. The molecule has 0 unspecified atom stereocenters. The molecule has 0 fully saturated rings. The van der Waals surface area contributed by atoms with E-state index in [9.17, 15) is 13.2 Å². The number of rotatable bonds is 5. The van der Waals surface area contributed by atoms with Gasteiger partial charge < -0.3 is 13.9 Å². The molecule has 7 nitrogen and oxygen atoms in total. The highest BCUT2D eigenvalue weighted by molar-refractivity contribution is 7.88. The van der Waals surface area contributed by atoms with Gasteiger partial charge in [-0.05, 0) is 43.5 Å². The summed E-state index contributed by atoms with van der Waals surface area (Å²) in [6.07, 6.45) is 3.81. The number of sulfonamides is 1. The molecular weight excluding hydrogens is 342 g/mol. The summed E-state index contributed by atoms with van der Waals surface area (Å²) >= 11 is 0. The van der Waals surface area contributed by atoms with E-state index in [1.807, 2.05) is 25.3 Å². The lowest BCUT2D eigenvalue weighted by Gasteiger charge is -2.23. The van der Waals surface area contributed by atoms with Crippen molar-refractivity contribution in [3.63, 3.8) is 0 Å². The number of amides is 1. The van der Waals surface area contributed by atoms with Gasteiger partial charge in [-0.3, -0.25) is 4.79 Å². The lowest BCUT2D eigenvalue weighted by molar-refractivity contribution is 0.0685. The highest BCUT2D eigenvalue weighted by atomic mass is 32.2. The Hall–Kier alpha value is -2.06. The van der Waals surface area contributed by atoms with Crippen LogP contribution in [0.1, 0.15) is 28.4 Å². The van der Waals surface area contributed by atoms with Gasteiger partial charge in [0.2, 0.25) is 10.0 Å². The van der Waals surface area contributed by atoms with Gasteiger partial charge in [0.15, 0.2) is 5.76 Å². The van der Waals surface area contributed by atoms with Crippen LogP contribution in [-0.4, -0.2) is 43.1 Å². The second-order valence-corrected chi connectivity index (χ2v) is 8.40. The van der Waals surface area contributed by atoms with Gasteiger partial charge in [-0.15, -0.1) is 0 Å². The molecular formula is C17H23N3O4S. The first-order chi connectivity index (χ1) is 11.8. The predicted octanol–water partition coefficient (Wildman–Crippen LogP) is 1.60. The van der Waals surface area contributed by atoms with Crippen molar-refractivity contribution in [2.24, 2.45) is 5.92 Å². The van der Waals surface area contributed by atoms with Crippen LogP contribution >= 0.6 is 0 Å². The molecule has 136 valence electrons. The second-order valence-electron chi connectivity index (χ2n) is 6.57. The van der Waals surface area contributed by atoms with Gasteiger partial charge in [-0.1, -0.05) is 0 Å². The van der Waals surface area contributed by atoms with Gasteiger partial charge in [0.25, 0.3) is 5.91 Å². The van der Waals surface area contributed by atoms with Crippen LogP contribution in [0, 0.1) is 12.8 Å². The van der Waals surface area contributed by atoms with E-state index < -0.39 is 10.0 Å². The molecule has 8 heteroatoms. The maximum atomic E-state index is 12.8. The standard InChI is InChI=1S/C17H23N3O4S/c1-13-5-6-16(24-13)17(21)20-11-14(7-8-18-25(2,22)23)10-19-9-3-4-15(19)12-20/h3-6,9,14,18H,7-8,10-12H2,1-2H3/t14-/m0/s1. The number of carbonyl (C=O) groups excluding carboxylic acids is 1. The molecule has 3 rings (SSSR count). The van der Waals surface area contributed by atoms with Crippen molar-refractivity contribution in [3.05, 3.63) is 47.7 Å². The van der Waals surface area contributed by atoms with Crippen LogP contribution in [0.5, 0.6) is 0 Å². The van der Waals surface area contributed by atoms with Crippen molar-refractivity contribution in [1.29, 1.82) is 0 Å². The predicted molar refractivity (Wildman–Crippen MR) is 93.6 cm³/mol. The Labute approximate surface area is 147 Å². The zero-order valence-electron chi connectivity index (χ0n) is 14.4. The summed E-state index contributed by atoms with van der Waals surface area (Å²) in [5, 5.41) is 0. The molecule has 1 aliphatic rings. The third kappa shape index (κ3) is 4.52. The third-order valence-corrected chi connectivity index (χ3v) is 5.09. The lowest BCUT2D eigenvalue weighted by atomic mass is 10.1. The van der Waals surface area contributed by atoms with E-state index in [-0.39, 0.29) is 11.8 Å². The SMILES string of the molecule is Cc1ccc(C(=O)N2Cc3cccn3C[C@H](CCNS(C)(=O)=O)C2)o1. The summed E-state index contributed by atoms with van der Waals surface area (Å²) in [6.45, 7) is 4.01. The second kappa shape index (κ2) is 7.05. The highest BCUT2D eigenvalue weighted by Gasteiger charge is 2.27. The number of nitrogens with one attached hydrogen (secondary N) is 1. The summed E-state index contributed by atoms with van der Waals surface area (Å²) in [5.74, 6) is 1.06. The van der Waals surface area contributed by atoms with Gasteiger partial charge in [-0.2, -0.15) is 0 Å². The van der Waals surface area contributed by atoms with Crippen molar-refractivity contribution in [2.45, 2.75) is 26.4 Å². The van der Waals surface area contributed by atoms with E-state index in [0.29, 0.717) is 37.6 Å². The van der Waals surface area contributed by atoms with E-state index in [1.165, 1.54) is 0 Å². The van der Waals surface area contributed by atoms with Crippen LogP contribution in [0.3, 0.4) is 0 Å². The molecule has 2 aromatic rings. The average Bonchev–Trinajstić information content (AvgIpc) is 3.10. The molecule has 2 aromatic heterocycles. The maximum absolute atomic E-state index is 12.8. The Bertz CT molecular complexity index is 853. The Kier molecular flexibility index (Phi) is 5.01. The van der Waals surface area contributed by atoms with Gasteiger partial charge in [0.1, 0.15) is 5.76 Å². The Morgan fingerprint density at radius 3 is 2.80 bits per heavy atom. The number of aryl methyl sites for hydroxylation is 1. The summed E-state index contributed by atoms with van der Waals surface area (Å²) in [7, 11) is -3.21. The van der Waals surface area contributed by atoms with E-state index in [4.69, 9.17) is 4.42 Å². The molecule has 0 radical (unpaired) electrons. The van der Waals surface area contributed by atoms with E-state index in [0.717, 1.165) is 18.5 Å². The fraction of sp³-hybridized carbons (Fsp3) is 0.471. The molecule has 3 heterocycles. The van der Waals surface area contributed by atoms with Gasteiger partial charge in [-0.25, -0.2) is 13.1 Å². The fourth-order valence-corrected chi connectivity index (χ4v) is 3.66. The number of aromatic nitrogens is 1. The van der Waals surface area contributed by atoms with Gasteiger partial charge in [0, 0.05) is 31.5 Å². The van der Waals surface area contributed by atoms with Gasteiger partial charge in [0.05, 0.1) is 12.8 Å². The van der Waals surface area contributed by atoms with Crippen LogP contribution < -0.4 is 4.72 Å². The topological polar surface area (TPSA) is 84.5 Å². The number of carbonyl (C=O) groups is 1. The van der Waals surface area contributed by atoms with Crippen LogP contribution in [0.15, 0.2) is 34.9 Å². The van der Waals surface area contributed by atoms with E-state index in [1.54, 1.807) is 17.0 Å². The Morgan fingerprint density at radius 2 is 2.12 bits per heavy atom. The zero-order valence-corrected chi connectivity index (χ0v) is 15.3. The first kappa shape index (κ1) is 17.8. The minimum Gasteiger partial charge on any atom is -0.456 e. The van der Waals surface area contributed by atoms with Crippen molar-refractivity contribution in [2.75, 3.05) is 19.3 Å².